The van der Waals surface area contributed by atoms with E-state index in [0.29, 0.717) is 41.9 Å². The minimum absolute atomic E-state index is 0.0848. The van der Waals surface area contributed by atoms with Crippen molar-refractivity contribution in [2.45, 2.75) is 24.6 Å². The Balaban J connectivity index is 1.46. The van der Waals surface area contributed by atoms with Crippen molar-refractivity contribution in [1.29, 1.82) is 0 Å². The van der Waals surface area contributed by atoms with Gasteiger partial charge in [0.2, 0.25) is 15.9 Å². The van der Waals surface area contributed by atoms with E-state index < -0.39 is 27.7 Å². The second-order valence-electron chi connectivity index (χ2n) is 7.87. The van der Waals surface area contributed by atoms with Gasteiger partial charge in [0.25, 0.3) is 0 Å². The summed E-state index contributed by atoms with van der Waals surface area (Å²) in [6, 6.07) is 17.0. The van der Waals surface area contributed by atoms with Gasteiger partial charge >= 0.3 is 0 Å². The molecular weight excluding hydrogens is 434 g/mol. The fourth-order valence-corrected chi connectivity index (χ4v) is 5.94. The van der Waals surface area contributed by atoms with Gasteiger partial charge in [0.15, 0.2) is 5.58 Å². The highest BCUT2D eigenvalue weighted by Gasteiger charge is 2.38. The molecule has 32 heavy (non-hydrogen) atoms. The van der Waals surface area contributed by atoms with Gasteiger partial charge < -0.3 is 4.42 Å². The number of hydrogen-bond acceptors (Lipinski definition) is 4. The van der Waals surface area contributed by atoms with E-state index in [1.165, 1.54) is 16.4 Å². The molecule has 3 aromatic carbocycles. The Hall–Kier alpha value is -3.10. The van der Waals surface area contributed by atoms with Gasteiger partial charge in [-0.25, -0.2) is 22.2 Å². The Labute approximate surface area is 184 Å². The monoisotopic (exact) mass is 454 g/mol. The Morgan fingerprint density at radius 3 is 2.62 bits per heavy atom. The third-order valence-electron chi connectivity index (χ3n) is 5.68. The minimum atomic E-state index is -3.56. The van der Waals surface area contributed by atoms with Crippen molar-refractivity contribution in [3.63, 3.8) is 0 Å². The molecule has 0 spiro atoms. The van der Waals surface area contributed by atoms with E-state index >= 15 is 0 Å². The highest BCUT2D eigenvalue weighted by atomic mass is 32.2. The molecule has 1 atom stereocenters. The number of rotatable bonds is 5. The zero-order chi connectivity index (χ0) is 22.3. The highest BCUT2D eigenvalue weighted by molar-refractivity contribution is 7.88. The second kappa shape index (κ2) is 8.11. The molecule has 0 aliphatic carbocycles. The maximum atomic E-state index is 14.2. The van der Waals surface area contributed by atoms with Gasteiger partial charge in [0, 0.05) is 18.2 Å². The number of sulfonamides is 1. The molecule has 8 heteroatoms. The summed E-state index contributed by atoms with van der Waals surface area (Å²) in [6.45, 7) is 0.407. The van der Waals surface area contributed by atoms with Gasteiger partial charge in [-0.2, -0.15) is 4.31 Å². The van der Waals surface area contributed by atoms with Crippen molar-refractivity contribution < 1.29 is 21.6 Å². The molecule has 164 valence electrons. The highest BCUT2D eigenvalue weighted by Crippen LogP contribution is 2.37. The largest absolute Gasteiger partial charge is 0.439 e. The molecule has 2 heterocycles. The summed E-state index contributed by atoms with van der Waals surface area (Å²) in [7, 11) is -3.56. The Morgan fingerprint density at radius 1 is 1.03 bits per heavy atom. The van der Waals surface area contributed by atoms with Crippen molar-refractivity contribution >= 4 is 21.1 Å². The van der Waals surface area contributed by atoms with Crippen LogP contribution in [0, 0.1) is 11.6 Å². The molecule has 1 aliphatic heterocycles. The topological polar surface area (TPSA) is 63.4 Å². The summed E-state index contributed by atoms with van der Waals surface area (Å²) in [5.74, 6) is -1.07. The van der Waals surface area contributed by atoms with E-state index in [1.54, 1.807) is 30.3 Å². The first kappa shape index (κ1) is 20.8. The molecule has 4 aromatic rings. The molecule has 0 radical (unpaired) electrons. The molecule has 1 aliphatic rings. The molecule has 0 amide bonds. The lowest BCUT2D eigenvalue weighted by Crippen LogP contribution is -2.31. The summed E-state index contributed by atoms with van der Waals surface area (Å²) in [4.78, 5) is 4.53. The number of halogens is 2. The second-order valence-corrected chi connectivity index (χ2v) is 9.79. The average Bonchev–Trinajstić information content (AvgIpc) is 3.41. The third kappa shape index (κ3) is 3.91. The van der Waals surface area contributed by atoms with Crippen molar-refractivity contribution in [2.24, 2.45) is 0 Å². The van der Waals surface area contributed by atoms with Gasteiger partial charge in [0.05, 0.1) is 5.75 Å². The van der Waals surface area contributed by atoms with Crippen molar-refractivity contribution in [2.75, 3.05) is 6.54 Å². The standard InChI is InChI=1S/C24H20F2N2O3S/c25-18-9-10-19(20(26)14-18)17-8-11-23-21(13-17)27-24(31-23)22-7-4-12-28(22)32(29,30)15-16-5-2-1-3-6-16/h1-3,5-6,8-11,13-14,22H,4,7,12,15H2. The van der Waals surface area contributed by atoms with Gasteiger partial charge in [-0.1, -0.05) is 36.4 Å². The summed E-state index contributed by atoms with van der Waals surface area (Å²) >= 11 is 0. The molecule has 1 fully saturated rings. The van der Waals surface area contributed by atoms with Crippen LogP contribution in [0.25, 0.3) is 22.2 Å². The number of nitrogens with zero attached hydrogens (tertiary/aromatic N) is 2. The summed E-state index contributed by atoms with van der Waals surface area (Å²) in [6.07, 6.45) is 1.32. The predicted octanol–water partition coefficient (Wildman–Crippen LogP) is 5.44. The predicted molar refractivity (Wildman–Crippen MR) is 117 cm³/mol. The van der Waals surface area contributed by atoms with Crippen molar-refractivity contribution in [3.05, 3.63) is 89.8 Å². The molecule has 5 nitrogen and oxygen atoms in total. The van der Waals surface area contributed by atoms with Gasteiger partial charge in [0.1, 0.15) is 23.2 Å². The van der Waals surface area contributed by atoms with E-state index in [9.17, 15) is 17.2 Å². The molecule has 0 bridgehead atoms. The number of fused-ring (bicyclic) bond motifs is 1. The fraction of sp³-hybridized carbons (Fsp3) is 0.208. The summed E-state index contributed by atoms with van der Waals surface area (Å²) in [5.41, 5.74) is 2.49. The lowest BCUT2D eigenvalue weighted by Gasteiger charge is -2.21. The number of aromatic nitrogens is 1. The average molecular weight is 454 g/mol. The molecule has 1 saturated heterocycles. The van der Waals surface area contributed by atoms with E-state index in [4.69, 9.17) is 4.42 Å². The lowest BCUT2D eigenvalue weighted by molar-refractivity contribution is 0.337. The lowest BCUT2D eigenvalue weighted by atomic mass is 10.0. The van der Waals surface area contributed by atoms with E-state index in [-0.39, 0.29) is 11.3 Å². The quantitative estimate of drug-likeness (QED) is 0.403. The van der Waals surface area contributed by atoms with Crippen molar-refractivity contribution in [3.8, 4) is 11.1 Å². The van der Waals surface area contributed by atoms with Gasteiger partial charge in [-0.15, -0.1) is 0 Å². The van der Waals surface area contributed by atoms with Gasteiger partial charge in [-0.3, -0.25) is 0 Å². The van der Waals surface area contributed by atoms with Gasteiger partial charge in [-0.05, 0) is 48.2 Å². The molecular formula is C24H20F2N2O3S. The SMILES string of the molecule is O=S(=O)(Cc1ccccc1)N1CCCC1c1nc2cc(-c3ccc(F)cc3F)ccc2o1. The zero-order valence-corrected chi connectivity index (χ0v) is 17.9. The number of benzene rings is 3. The summed E-state index contributed by atoms with van der Waals surface area (Å²) in [5, 5.41) is 0. The zero-order valence-electron chi connectivity index (χ0n) is 17.0. The van der Waals surface area contributed by atoms with Crippen LogP contribution in [0.15, 0.2) is 71.1 Å². The fourth-order valence-electron chi connectivity index (χ4n) is 4.17. The molecule has 5 rings (SSSR count). The Bertz CT molecular complexity index is 1390. The molecule has 1 aromatic heterocycles. The van der Waals surface area contributed by atoms with Crippen LogP contribution in [0.1, 0.15) is 30.3 Å². The maximum Gasteiger partial charge on any atom is 0.219 e. The van der Waals surface area contributed by atoms with E-state index in [1.807, 2.05) is 18.2 Å². The number of oxazole rings is 1. The third-order valence-corrected chi connectivity index (χ3v) is 7.53. The summed E-state index contributed by atoms with van der Waals surface area (Å²) < 4.78 is 61.0. The first-order chi connectivity index (χ1) is 15.4. The first-order valence-electron chi connectivity index (χ1n) is 10.3. The van der Waals surface area contributed by atoms with Crippen LogP contribution < -0.4 is 0 Å². The normalized spacial score (nSPS) is 17.2. The van der Waals surface area contributed by atoms with Crippen LogP contribution in [0.5, 0.6) is 0 Å². The van der Waals surface area contributed by atoms with Crippen LogP contribution in [-0.2, 0) is 15.8 Å². The smallest absolute Gasteiger partial charge is 0.219 e. The van der Waals surface area contributed by atoms with Crippen LogP contribution >= 0.6 is 0 Å². The number of hydrogen-bond donors (Lipinski definition) is 0. The molecule has 1 unspecified atom stereocenters. The maximum absolute atomic E-state index is 14.2. The first-order valence-corrected chi connectivity index (χ1v) is 11.9. The van der Waals surface area contributed by atoms with Crippen LogP contribution in [0.2, 0.25) is 0 Å². The van der Waals surface area contributed by atoms with E-state index in [2.05, 4.69) is 4.98 Å². The van der Waals surface area contributed by atoms with Crippen molar-refractivity contribution in [1.82, 2.24) is 9.29 Å². The molecule has 0 saturated carbocycles. The Kier molecular flexibility index (Phi) is 5.27. The van der Waals surface area contributed by atoms with Crippen LogP contribution in [0.4, 0.5) is 8.78 Å². The van der Waals surface area contributed by atoms with Crippen LogP contribution in [-0.4, -0.2) is 24.3 Å². The van der Waals surface area contributed by atoms with E-state index in [0.717, 1.165) is 11.6 Å². The Morgan fingerprint density at radius 2 is 1.84 bits per heavy atom. The molecule has 0 N–H and O–H groups in total. The van der Waals surface area contributed by atoms with Crippen LogP contribution in [0.3, 0.4) is 0 Å². The minimum Gasteiger partial charge on any atom is -0.439 e.